The van der Waals surface area contributed by atoms with Crippen molar-refractivity contribution in [3.8, 4) is 11.5 Å². The second-order valence-corrected chi connectivity index (χ2v) is 2.88. The molecule has 0 saturated carbocycles. The van der Waals surface area contributed by atoms with E-state index >= 15 is 0 Å². The maximum atomic E-state index is 10.8. The van der Waals surface area contributed by atoms with Crippen LogP contribution in [0.15, 0.2) is 12.1 Å². The Morgan fingerprint density at radius 2 is 2.20 bits per heavy atom. The Hall–Kier alpha value is -2.04. The van der Waals surface area contributed by atoms with Gasteiger partial charge in [0.25, 0.3) is 0 Å². The molecule has 0 atom stereocenters. The van der Waals surface area contributed by atoms with Crippen LogP contribution in [-0.4, -0.2) is 24.4 Å². The van der Waals surface area contributed by atoms with Gasteiger partial charge in [-0.3, -0.25) is 9.59 Å². The van der Waals surface area contributed by atoms with Crippen LogP contribution < -0.4 is 10.1 Å². The van der Waals surface area contributed by atoms with E-state index in [0.29, 0.717) is 12.0 Å². The molecule has 0 bridgehead atoms. The number of carbonyl (C=O) groups excluding carboxylic acids is 2. The number of rotatable bonds is 3. The third-order valence-corrected chi connectivity index (χ3v) is 1.80. The Morgan fingerprint density at radius 1 is 1.53 bits per heavy atom. The van der Waals surface area contributed by atoms with E-state index in [1.165, 1.54) is 26.2 Å². The quantitative estimate of drug-likeness (QED) is 0.733. The summed E-state index contributed by atoms with van der Waals surface area (Å²) in [7, 11) is 1.34. The van der Waals surface area contributed by atoms with Crippen LogP contribution in [0.5, 0.6) is 11.5 Å². The van der Waals surface area contributed by atoms with Crippen molar-refractivity contribution in [1.29, 1.82) is 0 Å². The minimum absolute atomic E-state index is 0.0785. The molecule has 0 aliphatic carbocycles. The molecule has 0 unspecified atom stereocenters. The molecule has 1 amide bonds. The van der Waals surface area contributed by atoms with Gasteiger partial charge in [-0.25, -0.2) is 0 Å². The van der Waals surface area contributed by atoms with E-state index in [-0.39, 0.29) is 23.0 Å². The molecule has 5 heteroatoms. The number of aromatic hydroxyl groups is 1. The molecule has 0 heterocycles. The number of nitrogens with one attached hydrogen (secondary N) is 1. The van der Waals surface area contributed by atoms with Crippen molar-refractivity contribution in [2.24, 2.45) is 0 Å². The summed E-state index contributed by atoms with van der Waals surface area (Å²) in [4.78, 5) is 21.4. The summed E-state index contributed by atoms with van der Waals surface area (Å²) in [5, 5.41) is 12.1. The molecule has 0 radical (unpaired) electrons. The third-order valence-electron chi connectivity index (χ3n) is 1.80. The standard InChI is InChI=1S/C10H11NO4/c1-6(13)11-8-4-3-7(5-12)9(14)10(8)15-2/h3-5,14H,1-2H3,(H,11,13). The van der Waals surface area contributed by atoms with Gasteiger partial charge in [-0.2, -0.15) is 0 Å². The number of hydrogen-bond acceptors (Lipinski definition) is 4. The molecule has 0 aliphatic heterocycles. The zero-order valence-electron chi connectivity index (χ0n) is 8.40. The van der Waals surface area contributed by atoms with Gasteiger partial charge >= 0.3 is 0 Å². The van der Waals surface area contributed by atoms with Crippen LogP contribution in [0.2, 0.25) is 0 Å². The third kappa shape index (κ3) is 2.25. The molecule has 0 aromatic heterocycles. The van der Waals surface area contributed by atoms with E-state index in [1.54, 1.807) is 0 Å². The minimum Gasteiger partial charge on any atom is -0.504 e. The predicted octanol–water partition coefficient (Wildman–Crippen LogP) is 1.17. The van der Waals surface area contributed by atoms with Gasteiger partial charge in [-0.05, 0) is 12.1 Å². The monoisotopic (exact) mass is 209 g/mol. The van der Waals surface area contributed by atoms with E-state index in [2.05, 4.69) is 5.32 Å². The minimum atomic E-state index is -0.286. The first-order chi connectivity index (χ1) is 7.10. The van der Waals surface area contributed by atoms with Gasteiger partial charge in [-0.1, -0.05) is 0 Å². The largest absolute Gasteiger partial charge is 0.504 e. The zero-order chi connectivity index (χ0) is 11.4. The topological polar surface area (TPSA) is 75.6 Å². The normalized spacial score (nSPS) is 9.47. The lowest BCUT2D eigenvalue weighted by molar-refractivity contribution is -0.114. The van der Waals surface area contributed by atoms with Gasteiger partial charge < -0.3 is 15.2 Å². The first-order valence-electron chi connectivity index (χ1n) is 4.23. The number of carbonyl (C=O) groups is 2. The lowest BCUT2D eigenvalue weighted by Gasteiger charge is -2.11. The number of aldehydes is 1. The number of benzene rings is 1. The van der Waals surface area contributed by atoms with E-state index in [0.717, 1.165) is 0 Å². The molecular formula is C10H11NO4. The maximum absolute atomic E-state index is 10.8. The van der Waals surface area contributed by atoms with Crippen LogP contribution in [0.25, 0.3) is 0 Å². The highest BCUT2D eigenvalue weighted by molar-refractivity contribution is 5.93. The van der Waals surface area contributed by atoms with Crippen molar-refractivity contribution in [3.05, 3.63) is 17.7 Å². The van der Waals surface area contributed by atoms with Gasteiger partial charge in [0.2, 0.25) is 5.91 Å². The van der Waals surface area contributed by atoms with Crippen molar-refractivity contribution in [2.45, 2.75) is 6.92 Å². The highest BCUT2D eigenvalue weighted by Gasteiger charge is 2.13. The van der Waals surface area contributed by atoms with Crippen LogP contribution >= 0.6 is 0 Å². The summed E-state index contributed by atoms with van der Waals surface area (Å²) in [6.45, 7) is 1.34. The molecule has 5 nitrogen and oxygen atoms in total. The van der Waals surface area contributed by atoms with Crippen LogP contribution in [0, 0.1) is 0 Å². The Labute approximate surface area is 86.7 Å². The number of phenolic OH excluding ortho intramolecular Hbond substituents is 1. The van der Waals surface area contributed by atoms with Crippen LogP contribution in [0.4, 0.5) is 5.69 Å². The van der Waals surface area contributed by atoms with Gasteiger partial charge in [0, 0.05) is 6.92 Å². The van der Waals surface area contributed by atoms with E-state index < -0.39 is 0 Å². The van der Waals surface area contributed by atoms with Crippen LogP contribution in [0.1, 0.15) is 17.3 Å². The van der Waals surface area contributed by atoms with Crippen molar-refractivity contribution < 1.29 is 19.4 Å². The van der Waals surface area contributed by atoms with E-state index in [4.69, 9.17) is 4.74 Å². The molecule has 0 saturated heterocycles. The SMILES string of the molecule is COc1c(NC(C)=O)ccc(C=O)c1O. The molecule has 80 valence electrons. The van der Waals surface area contributed by atoms with E-state index in [1.807, 2.05) is 0 Å². The summed E-state index contributed by atoms with van der Waals surface area (Å²) in [6, 6.07) is 2.89. The van der Waals surface area contributed by atoms with Crippen LogP contribution in [-0.2, 0) is 4.79 Å². The number of phenols is 1. The maximum Gasteiger partial charge on any atom is 0.221 e. The second kappa shape index (κ2) is 4.45. The lowest BCUT2D eigenvalue weighted by Crippen LogP contribution is -2.07. The highest BCUT2D eigenvalue weighted by atomic mass is 16.5. The fourth-order valence-electron chi connectivity index (χ4n) is 1.18. The molecule has 15 heavy (non-hydrogen) atoms. The average Bonchev–Trinajstić information content (AvgIpc) is 2.18. The Kier molecular flexibility index (Phi) is 3.28. The second-order valence-electron chi connectivity index (χ2n) is 2.88. The smallest absolute Gasteiger partial charge is 0.221 e. The van der Waals surface area contributed by atoms with Crippen molar-refractivity contribution in [1.82, 2.24) is 0 Å². The van der Waals surface area contributed by atoms with E-state index in [9.17, 15) is 14.7 Å². The summed E-state index contributed by atoms with van der Waals surface area (Å²) >= 11 is 0. The molecular weight excluding hydrogens is 198 g/mol. The molecule has 1 aromatic rings. The molecule has 2 N–H and O–H groups in total. The molecule has 0 fully saturated rings. The molecule has 0 aliphatic rings. The summed E-state index contributed by atoms with van der Waals surface area (Å²) in [6.07, 6.45) is 0.509. The zero-order valence-corrected chi connectivity index (χ0v) is 8.40. The number of anilines is 1. The van der Waals surface area contributed by atoms with Gasteiger partial charge in [0.1, 0.15) is 0 Å². The van der Waals surface area contributed by atoms with Gasteiger partial charge in [0.15, 0.2) is 17.8 Å². The fourth-order valence-corrected chi connectivity index (χ4v) is 1.18. The van der Waals surface area contributed by atoms with Crippen molar-refractivity contribution in [3.63, 3.8) is 0 Å². The van der Waals surface area contributed by atoms with Crippen molar-refractivity contribution >= 4 is 17.9 Å². The van der Waals surface area contributed by atoms with Crippen LogP contribution in [0.3, 0.4) is 0 Å². The Balaban J connectivity index is 3.23. The summed E-state index contributed by atoms with van der Waals surface area (Å²) < 4.78 is 4.90. The molecule has 1 aromatic carbocycles. The number of methoxy groups -OCH3 is 1. The number of amides is 1. The summed E-state index contributed by atoms with van der Waals surface area (Å²) in [5.41, 5.74) is 0.439. The number of hydrogen-bond donors (Lipinski definition) is 2. The fraction of sp³-hybridized carbons (Fsp3) is 0.200. The Morgan fingerprint density at radius 3 is 2.67 bits per heavy atom. The average molecular weight is 209 g/mol. The highest BCUT2D eigenvalue weighted by Crippen LogP contribution is 2.36. The number of ether oxygens (including phenoxy) is 1. The van der Waals surface area contributed by atoms with Crippen molar-refractivity contribution in [2.75, 3.05) is 12.4 Å². The van der Waals surface area contributed by atoms with Gasteiger partial charge in [0.05, 0.1) is 18.4 Å². The lowest BCUT2D eigenvalue weighted by atomic mass is 10.1. The first kappa shape index (κ1) is 11.0. The molecule has 1 rings (SSSR count). The van der Waals surface area contributed by atoms with Gasteiger partial charge in [-0.15, -0.1) is 0 Å². The predicted molar refractivity (Wildman–Crippen MR) is 54.4 cm³/mol. The first-order valence-corrected chi connectivity index (χ1v) is 4.23. The Bertz CT molecular complexity index is 401. The summed E-state index contributed by atoms with van der Waals surface area (Å²) in [5.74, 6) is -0.486. The molecule has 0 spiro atoms.